The van der Waals surface area contributed by atoms with Gasteiger partial charge in [0.25, 0.3) is 0 Å². The third-order valence-electron chi connectivity index (χ3n) is 6.35. The number of aromatic nitrogens is 2. The first kappa shape index (κ1) is 22.8. The normalized spacial score (nSPS) is 21.0. The molecular formula is C23H33FN6O2. The lowest BCUT2D eigenvalue weighted by Crippen LogP contribution is -2.45. The smallest absolute Gasteiger partial charge is 0.241 e. The molecular weight excluding hydrogens is 411 g/mol. The Kier molecular flexibility index (Phi) is 7.83. The van der Waals surface area contributed by atoms with E-state index in [1.807, 2.05) is 0 Å². The van der Waals surface area contributed by atoms with Crippen LogP contribution in [0.25, 0.3) is 11.4 Å². The standard InChI is InChI=1S/C23H33FN6O2/c1-28-12-14-29(15-13-28)11-3-9-25-23(31)19-4-2-10-30(16-19)17-21-26-22(27-32-21)18-5-7-20(24)8-6-18/h5-8,19H,2-4,9-17H2,1H3,(H,25,31). The van der Waals surface area contributed by atoms with Crippen molar-refractivity contribution in [3.8, 4) is 11.4 Å². The summed E-state index contributed by atoms with van der Waals surface area (Å²) < 4.78 is 18.5. The Balaban J connectivity index is 1.19. The Morgan fingerprint density at radius 1 is 1.16 bits per heavy atom. The molecule has 0 radical (unpaired) electrons. The van der Waals surface area contributed by atoms with Crippen molar-refractivity contribution in [3.63, 3.8) is 0 Å². The number of nitrogens with zero attached hydrogens (tertiary/aromatic N) is 5. The van der Waals surface area contributed by atoms with Gasteiger partial charge in [-0.05, 0) is 63.7 Å². The summed E-state index contributed by atoms with van der Waals surface area (Å²) >= 11 is 0. The zero-order chi connectivity index (χ0) is 22.3. The number of piperidine rings is 1. The number of carbonyl (C=O) groups is 1. The molecule has 2 saturated heterocycles. The van der Waals surface area contributed by atoms with Gasteiger partial charge < -0.3 is 19.6 Å². The minimum atomic E-state index is -0.297. The van der Waals surface area contributed by atoms with Crippen LogP contribution in [-0.4, -0.2) is 90.2 Å². The van der Waals surface area contributed by atoms with Crippen molar-refractivity contribution in [2.45, 2.75) is 25.8 Å². The summed E-state index contributed by atoms with van der Waals surface area (Å²) in [6.07, 6.45) is 2.86. The summed E-state index contributed by atoms with van der Waals surface area (Å²) in [5.74, 6) is 0.802. The van der Waals surface area contributed by atoms with Crippen LogP contribution in [0.1, 0.15) is 25.2 Å². The van der Waals surface area contributed by atoms with E-state index in [2.05, 4.69) is 37.2 Å². The molecule has 1 amide bonds. The highest BCUT2D eigenvalue weighted by molar-refractivity contribution is 5.78. The van der Waals surface area contributed by atoms with E-state index in [0.717, 1.165) is 65.1 Å². The lowest BCUT2D eigenvalue weighted by molar-refractivity contribution is -0.126. The SMILES string of the molecule is CN1CCN(CCCNC(=O)C2CCCN(Cc3nc(-c4ccc(F)cc4)no3)C2)CC1. The topological polar surface area (TPSA) is 77.7 Å². The fourth-order valence-corrected chi connectivity index (χ4v) is 4.37. The summed E-state index contributed by atoms with van der Waals surface area (Å²) in [5, 5.41) is 7.14. The molecule has 3 heterocycles. The Bertz CT molecular complexity index is 866. The third-order valence-corrected chi connectivity index (χ3v) is 6.35. The molecule has 2 aliphatic rings. The lowest BCUT2D eigenvalue weighted by atomic mass is 9.97. The largest absolute Gasteiger partial charge is 0.356 e. The van der Waals surface area contributed by atoms with Gasteiger partial charge in [-0.15, -0.1) is 0 Å². The highest BCUT2D eigenvalue weighted by Crippen LogP contribution is 2.20. The summed E-state index contributed by atoms with van der Waals surface area (Å²) in [4.78, 5) is 24.1. The van der Waals surface area contributed by atoms with Gasteiger partial charge in [0.05, 0.1) is 12.5 Å². The molecule has 4 rings (SSSR count). The molecule has 1 unspecified atom stereocenters. The molecule has 1 N–H and O–H groups in total. The second-order valence-electron chi connectivity index (χ2n) is 8.88. The molecule has 0 bridgehead atoms. The maximum atomic E-state index is 13.1. The Labute approximate surface area is 188 Å². The van der Waals surface area contributed by atoms with Crippen molar-refractivity contribution < 1.29 is 13.7 Å². The molecule has 1 atom stereocenters. The second-order valence-corrected chi connectivity index (χ2v) is 8.88. The van der Waals surface area contributed by atoms with Crippen LogP contribution in [0.4, 0.5) is 4.39 Å². The van der Waals surface area contributed by atoms with Gasteiger partial charge in [0.15, 0.2) is 0 Å². The lowest BCUT2D eigenvalue weighted by Gasteiger charge is -2.32. The van der Waals surface area contributed by atoms with Crippen LogP contribution in [0.2, 0.25) is 0 Å². The van der Waals surface area contributed by atoms with Gasteiger partial charge in [0, 0.05) is 44.8 Å². The van der Waals surface area contributed by atoms with Crippen LogP contribution in [0.3, 0.4) is 0 Å². The van der Waals surface area contributed by atoms with E-state index in [-0.39, 0.29) is 17.6 Å². The number of carbonyl (C=O) groups excluding carboxylic acids is 1. The first-order chi connectivity index (χ1) is 15.6. The molecule has 1 aromatic heterocycles. The Morgan fingerprint density at radius 3 is 2.72 bits per heavy atom. The second kappa shape index (κ2) is 11.0. The number of rotatable bonds is 8. The zero-order valence-electron chi connectivity index (χ0n) is 18.8. The van der Waals surface area contributed by atoms with Crippen molar-refractivity contribution in [2.24, 2.45) is 5.92 Å². The zero-order valence-corrected chi connectivity index (χ0v) is 18.8. The fourth-order valence-electron chi connectivity index (χ4n) is 4.37. The summed E-state index contributed by atoms with van der Waals surface area (Å²) in [6.45, 7) is 8.35. The van der Waals surface area contributed by atoms with Crippen LogP contribution in [0, 0.1) is 11.7 Å². The van der Waals surface area contributed by atoms with Crippen molar-refractivity contribution in [3.05, 3.63) is 36.0 Å². The van der Waals surface area contributed by atoms with Gasteiger partial charge in [0.1, 0.15) is 5.82 Å². The van der Waals surface area contributed by atoms with E-state index in [4.69, 9.17) is 4.52 Å². The minimum absolute atomic E-state index is 0.00752. The van der Waals surface area contributed by atoms with Crippen molar-refractivity contribution in [2.75, 3.05) is 59.4 Å². The molecule has 0 aliphatic carbocycles. The molecule has 32 heavy (non-hydrogen) atoms. The number of halogens is 1. The number of piperazine rings is 1. The quantitative estimate of drug-likeness (QED) is 0.623. The van der Waals surface area contributed by atoms with Gasteiger partial charge in [-0.25, -0.2) is 4.39 Å². The number of hydrogen-bond acceptors (Lipinski definition) is 7. The van der Waals surface area contributed by atoms with Gasteiger partial charge in [0.2, 0.25) is 17.6 Å². The molecule has 1 aromatic carbocycles. The van der Waals surface area contributed by atoms with Crippen LogP contribution in [-0.2, 0) is 11.3 Å². The molecule has 2 fully saturated rings. The van der Waals surface area contributed by atoms with Crippen LogP contribution in [0.5, 0.6) is 0 Å². The number of likely N-dealkylation sites (tertiary alicyclic amines) is 1. The molecule has 2 aromatic rings. The van der Waals surface area contributed by atoms with Gasteiger partial charge >= 0.3 is 0 Å². The maximum absolute atomic E-state index is 13.1. The van der Waals surface area contributed by atoms with E-state index in [1.54, 1.807) is 12.1 Å². The van der Waals surface area contributed by atoms with E-state index < -0.39 is 0 Å². The number of nitrogens with one attached hydrogen (secondary N) is 1. The predicted octanol–water partition coefficient (Wildman–Crippen LogP) is 1.84. The number of hydrogen-bond donors (Lipinski definition) is 1. The number of likely N-dealkylation sites (N-methyl/N-ethyl adjacent to an activating group) is 1. The maximum Gasteiger partial charge on any atom is 0.241 e. The number of amides is 1. The highest BCUT2D eigenvalue weighted by Gasteiger charge is 2.27. The van der Waals surface area contributed by atoms with E-state index >= 15 is 0 Å². The summed E-state index contributed by atoms with van der Waals surface area (Å²) in [7, 11) is 2.16. The van der Waals surface area contributed by atoms with E-state index in [9.17, 15) is 9.18 Å². The van der Waals surface area contributed by atoms with Crippen molar-refractivity contribution >= 4 is 5.91 Å². The van der Waals surface area contributed by atoms with Crippen molar-refractivity contribution in [1.82, 2.24) is 30.2 Å². The molecule has 8 nitrogen and oxygen atoms in total. The van der Waals surface area contributed by atoms with E-state index in [0.29, 0.717) is 30.4 Å². The van der Waals surface area contributed by atoms with Crippen LogP contribution >= 0.6 is 0 Å². The molecule has 174 valence electrons. The van der Waals surface area contributed by atoms with Crippen molar-refractivity contribution in [1.29, 1.82) is 0 Å². The molecule has 0 spiro atoms. The van der Waals surface area contributed by atoms with Gasteiger partial charge in [-0.2, -0.15) is 4.98 Å². The fraction of sp³-hybridized carbons (Fsp3) is 0.609. The average Bonchev–Trinajstić information content (AvgIpc) is 3.27. The molecule has 0 saturated carbocycles. The van der Waals surface area contributed by atoms with Gasteiger partial charge in [-0.3, -0.25) is 9.69 Å². The monoisotopic (exact) mass is 444 g/mol. The highest BCUT2D eigenvalue weighted by atomic mass is 19.1. The first-order valence-corrected chi connectivity index (χ1v) is 11.6. The van der Waals surface area contributed by atoms with Gasteiger partial charge in [-0.1, -0.05) is 5.16 Å². The van der Waals surface area contributed by atoms with Crippen LogP contribution < -0.4 is 5.32 Å². The Hall–Kier alpha value is -2.36. The first-order valence-electron chi connectivity index (χ1n) is 11.6. The van der Waals surface area contributed by atoms with E-state index in [1.165, 1.54) is 12.1 Å². The summed E-state index contributed by atoms with van der Waals surface area (Å²) in [6, 6.07) is 6.03. The predicted molar refractivity (Wildman–Crippen MR) is 119 cm³/mol. The number of benzene rings is 1. The molecule has 9 heteroatoms. The minimum Gasteiger partial charge on any atom is -0.356 e. The summed E-state index contributed by atoms with van der Waals surface area (Å²) in [5.41, 5.74) is 0.717. The average molecular weight is 445 g/mol. The third kappa shape index (κ3) is 6.34. The van der Waals surface area contributed by atoms with Crippen LogP contribution in [0.15, 0.2) is 28.8 Å². The molecule has 2 aliphatic heterocycles. The Morgan fingerprint density at radius 2 is 1.94 bits per heavy atom.